The van der Waals surface area contributed by atoms with E-state index in [2.05, 4.69) is 15.3 Å². The molecule has 0 aliphatic carbocycles. The van der Waals surface area contributed by atoms with E-state index in [9.17, 15) is 0 Å². The van der Waals surface area contributed by atoms with Crippen LogP contribution in [0.25, 0.3) is 0 Å². The molecule has 0 saturated carbocycles. The number of methoxy groups -OCH3 is 1. The molecule has 94 valence electrons. The maximum atomic E-state index is 5.55. The van der Waals surface area contributed by atoms with E-state index in [1.165, 1.54) is 0 Å². The molecule has 0 saturated heterocycles. The second-order valence-corrected chi connectivity index (χ2v) is 3.88. The smallest absolute Gasteiger partial charge is 0.227 e. The number of benzene rings is 1. The Balaban J connectivity index is 2.22. The number of anilines is 2. The molecule has 0 atom stereocenters. The SMILES string of the molecule is COc1ccc(Nc2nccc(CN)n2)c(C)c1. The molecular formula is C13H16N4O. The lowest BCUT2D eigenvalue weighted by atomic mass is 10.2. The third-order valence-electron chi connectivity index (χ3n) is 2.60. The van der Waals surface area contributed by atoms with Gasteiger partial charge in [-0.2, -0.15) is 0 Å². The Labute approximate surface area is 106 Å². The maximum Gasteiger partial charge on any atom is 0.227 e. The summed E-state index contributed by atoms with van der Waals surface area (Å²) in [7, 11) is 1.65. The lowest BCUT2D eigenvalue weighted by molar-refractivity contribution is 0.414. The van der Waals surface area contributed by atoms with Gasteiger partial charge in [0.1, 0.15) is 5.75 Å². The van der Waals surface area contributed by atoms with Gasteiger partial charge in [0.05, 0.1) is 12.8 Å². The van der Waals surface area contributed by atoms with E-state index in [4.69, 9.17) is 10.5 Å². The zero-order valence-corrected chi connectivity index (χ0v) is 10.5. The first kappa shape index (κ1) is 12.3. The summed E-state index contributed by atoms with van der Waals surface area (Å²) in [6.45, 7) is 2.40. The van der Waals surface area contributed by atoms with Crippen LogP contribution >= 0.6 is 0 Å². The van der Waals surface area contributed by atoms with E-state index >= 15 is 0 Å². The first-order chi connectivity index (χ1) is 8.72. The van der Waals surface area contributed by atoms with Crippen LogP contribution in [0.1, 0.15) is 11.3 Å². The molecule has 1 aromatic carbocycles. The number of ether oxygens (including phenoxy) is 1. The summed E-state index contributed by atoms with van der Waals surface area (Å²) in [5.41, 5.74) is 8.36. The van der Waals surface area contributed by atoms with Crippen molar-refractivity contribution in [3.63, 3.8) is 0 Å². The standard InChI is InChI=1S/C13H16N4O/c1-9-7-11(18-2)3-4-12(9)17-13-15-6-5-10(8-14)16-13/h3-7H,8,14H2,1-2H3,(H,15,16,17). The fraction of sp³-hybridized carbons (Fsp3) is 0.231. The van der Waals surface area contributed by atoms with E-state index in [-0.39, 0.29) is 0 Å². The van der Waals surface area contributed by atoms with Gasteiger partial charge in [0.15, 0.2) is 0 Å². The monoisotopic (exact) mass is 244 g/mol. The molecule has 0 spiro atoms. The van der Waals surface area contributed by atoms with Crippen LogP contribution in [0.15, 0.2) is 30.5 Å². The number of hydrogen-bond donors (Lipinski definition) is 2. The Morgan fingerprint density at radius 3 is 2.83 bits per heavy atom. The van der Waals surface area contributed by atoms with Crippen LogP contribution in [0.2, 0.25) is 0 Å². The molecule has 1 heterocycles. The van der Waals surface area contributed by atoms with Crippen LogP contribution < -0.4 is 15.8 Å². The minimum Gasteiger partial charge on any atom is -0.497 e. The quantitative estimate of drug-likeness (QED) is 0.860. The van der Waals surface area contributed by atoms with Crippen molar-refractivity contribution in [2.24, 2.45) is 5.73 Å². The molecule has 2 aromatic rings. The Bertz CT molecular complexity index is 542. The van der Waals surface area contributed by atoms with Crippen LogP contribution in [0, 0.1) is 6.92 Å². The predicted molar refractivity (Wildman–Crippen MR) is 70.9 cm³/mol. The van der Waals surface area contributed by atoms with Gasteiger partial charge >= 0.3 is 0 Å². The summed E-state index contributed by atoms with van der Waals surface area (Å²) in [5, 5.41) is 3.16. The average molecular weight is 244 g/mol. The van der Waals surface area contributed by atoms with E-state index in [0.29, 0.717) is 12.5 Å². The second-order valence-electron chi connectivity index (χ2n) is 3.88. The summed E-state index contributed by atoms with van der Waals surface area (Å²) < 4.78 is 5.16. The van der Waals surface area contributed by atoms with Crippen LogP contribution in [-0.2, 0) is 6.54 Å². The molecule has 1 aromatic heterocycles. The number of nitrogens with one attached hydrogen (secondary N) is 1. The van der Waals surface area contributed by atoms with Gasteiger partial charge in [-0.1, -0.05) is 0 Å². The molecule has 5 nitrogen and oxygen atoms in total. The molecule has 0 aliphatic heterocycles. The van der Waals surface area contributed by atoms with Crippen LogP contribution in [0.4, 0.5) is 11.6 Å². The summed E-state index contributed by atoms with van der Waals surface area (Å²) >= 11 is 0. The van der Waals surface area contributed by atoms with Crippen molar-refractivity contribution >= 4 is 11.6 Å². The van der Waals surface area contributed by atoms with Crippen molar-refractivity contribution in [3.8, 4) is 5.75 Å². The van der Waals surface area contributed by atoms with Gasteiger partial charge in [-0.25, -0.2) is 9.97 Å². The molecule has 0 aliphatic rings. The Morgan fingerprint density at radius 2 is 2.17 bits per heavy atom. The second kappa shape index (κ2) is 5.46. The molecule has 3 N–H and O–H groups in total. The third-order valence-corrected chi connectivity index (χ3v) is 2.60. The Hall–Kier alpha value is -2.14. The highest BCUT2D eigenvalue weighted by molar-refractivity contribution is 5.59. The first-order valence-electron chi connectivity index (χ1n) is 5.66. The predicted octanol–water partition coefficient (Wildman–Crippen LogP) is 2.00. The molecule has 0 radical (unpaired) electrons. The first-order valence-corrected chi connectivity index (χ1v) is 5.66. The van der Waals surface area contributed by atoms with Crippen molar-refractivity contribution in [2.45, 2.75) is 13.5 Å². The minimum atomic E-state index is 0.402. The van der Waals surface area contributed by atoms with E-state index in [0.717, 1.165) is 22.7 Å². The van der Waals surface area contributed by atoms with Crippen molar-refractivity contribution in [3.05, 3.63) is 41.7 Å². The molecular weight excluding hydrogens is 228 g/mol. The number of aryl methyl sites for hydroxylation is 1. The molecule has 0 fully saturated rings. The Morgan fingerprint density at radius 1 is 1.33 bits per heavy atom. The largest absolute Gasteiger partial charge is 0.497 e. The van der Waals surface area contributed by atoms with Crippen LogP contribution in [0.5, 0.6) is 5.75 Å². The fourth-order valence-corrected chi connectivity index (χ4v) is 1.59. The minimum absolute atomic E-state index is 0.402. The van der Waals surface area contributed by atoms with Crippen LogP contribution in [-0.4, -0.2) is 17.1 Å². The van der Waals surface area contributed by atoms with Crippen molar-refractivity contribution < 1.29 is 4.74 Å². The number of nitrogens with two attached hydrogens (primary N) is 1. The topological polar surface area (TPSA) is 73.1 Å². The van der Waals surface area contributed by atoms with Crippen molar-refractivity contribution in [1.29, 1.82) is 0 Å². The van der Waals surface area contributed by atoms with Gasteiger partial charge in [-0.05, 0) is 36.8 Å². The van der Waals surface area contributed by atoms with Crippen molar-refractivity contribution in [2.75, 3.05) is 12.4 Å². The number of hydrogen-bond acceptors (Lipinski definition) is 5. The molecule has 2 rings (SSSR count). The summed E-state index contributed by atoms with van der Waals surface area (Å²) in [6, 6.07) is 7.58. The maximum absolute atomic E-state index is 5.55. The molecule has 0 amide bonds. The zero-order chi connectivity index (χ0) is 13.0. The molecule has 0 unspecified atom stereocenters. The highest BCUT2D eigenvalue weighted by atomic mass is 16.5. The molecule has 18 heavy (non-hydrogen) atoms. The summed E-state index contributed by atoms with van der Waals surface area (Å²) in [4.78, 5) is 8.45. The van der Waals surface area contributed by atoms with Gasteiger partial charge in [0, 0.05) is 18.4 Å². The van der Waals surface area contributed by atoms with E-state index in [1.807, 2.05) is 25.1 Å². The van der Waals surface area contributed by atoms with Gasteiger partial charge in [0.25, 0.3) is 0 Å². The molecule has 5 heteroatoms. The normalized spacial score (nSPS) is 10.2. The van der Waals surface area contributed by atoms with Gasteiger partial charge < -0.3 is 15.8 Å². The third kappa shape index (κ3) is 2.75. The number of rotatable bonds is 4. The van der Waals surface area contributed by atoms with Crippen LogP contribution in [0.3, 0.4) is 0 Å². The van der Waals surface area contributed by atoms with Gasteiger partial charge in [-0.15, -0.1) is 0 Å². The zero-order valence-electron chi connectivity index (χ0n) is 10.5. The van der Waals surface area contributed by atoms with Crippen molar-refractivity contribution in [1.82, 2.24) is 9.97 Å². The summed E-state index contributed by atoms with van der Waals surface area (Å²) in [6.07, 6.45) is 1.69. The number of aromatic nitrogens is 2. The lowest BCUT2D eigenvalue weighted by Gasteiger charge is -2.10. The average Bonchev–Trinajstić information content (AvgIpc) is 2.41. The van der Waals surface area contributed by atoms with E-state index in [1.54, 1.807) is 19.4 Å². The highest BCUT2D eigenvalue weighted by Gasteiger charge is 2.03. The summed E-state index contributed by atoms with van der Waals surface area (Å²) in [5.74, 6) is 1.38. The lowest BCUT2D eigenvalue weighted by Crippen LogP contribution is -2.04. The van der Waals surface area contributed by atoms with Gasteiger partial charge in [0.2, 0.25) is 5.95 Å². The molecule has 0 bridgehead atoms. The highest BCUT2D eigenvalue weighted by Crippen LogP contribution is 2.23. The van der Waals surface area contributed by atoms with Gasteiger partial charge in [-0.3, -0.25) is 0 Å². The van der Waals surface area contributed by atoms with E-state index < -0.39 is 0 Å². The fourth-order valence-electron chi connectivity index (χ4n) is 1.59. The number of nitrogens with zero attached hydrogens (tertiary/aromatic N) is 2. The Kier molecular flexibility index (Phi) is 3.74.